The number of rotatable bonds is 2. The van der Waals surface area contributed by atoms with E-state index in [9.17, 15) is 4.79 Å². The maximum Gasteiger partial charge on any atom is 0.271 e. The highest BCUT2D eigenvalue weighted by atomic mass is 79.9. The summed E-state index contributed by atoms with van der Waals surface area (Å²) in [5.74, 6) is 0.671. The first-order chi connectivity index (χ1) is 10.3. The number of nitrogens with one attached hydrogen (secondary N) is 1. The molecule has 2 aromatic rings. The molecule has 0 fully saturated rings. The zero-order valence-corrected chi connectivity index (χ0v) is 13.0. The first-order valence-corrected chi connectivity index (χ1v) is 7.68. The summed E-state index contributed by atoms with van der Waals surface area (Å²) in [5, 5.41) is 3.06. The number of amides is 1. The maximum absolute atomic E-state index is 12.4. The van der Waals surface area contributed by atoms with Crippen LogP contribution < -0.4 is 10.1 Å². The maximum atomic E-state index is 12.4. The van der Waals surface area contributed by atoms with Crippen LogP contribution in [-0.2, 0) is 0 Å². The van der Waals surface area contributed by atoms with E-state index in [1.807, 2.05) is 30.3 Å². The van der Waals surface area contributed by atoms with E-state index in [2.05, 4.69) is 26.2 Å². The Morgan fingerprint density at radius 3 is 3.00 bits per heavy atom. The van der Waals surface area contributed by atoms with Crippen molar-refractivity contribution in [3.63, 3.8) is 0 Å². The monoisotopic (exact) mass is 346 g/mol. The molecule has 0 unspecified atom stereocenters. The highest BCUT2D eigenvalue weighted by molar-refractivity contribution is 9.10. The minimum Gasteiger partial charge on any atom is -0.493 e. The van der Waals surface area contributed by atoms with Crippen molar-refractivity contribution in [1.82, 2.24) is 10.3 Å². The molecule has 0 saturated carbocycles. The quantitative estimate of drug-likeness (QED) is 0.905. The van der Waals surface area contributed by atoms with Gasteiger partial charge in [-0.3, -0.25) is 4.79 Å². The minimum atomic E-state index is -0.177. The molecular weight excluding hydrogens is 332 g/mol. The van der Waals surface area contributed by atoms with Crippen LogP contribution in [0.3, 0.4) is 0 Å². The number of hydrogen-bond donors (Lipinski definition) is 1. The third-order valence-corrected chi connectivity index (χ3v) is 4.11. The standard InChI is InChI=1S/C16H15BrN2O2/c17-12-6-3-9-18-15(12)16(20)19-13-7-4-10-21-14-8-2-1-5-11(13)14/h1-3,5-6,8-9,13H,4,7,10H2,(H,19,20)/t13-/m0/s1. The number of hydrogen-bond acceptors (Lipinski definition) is 3. The highest BCUT2D eigenvalue weighted by Gasteiger charge is 2.22. The van der Waals surface area contributed by atoms with Crippen molar-refractivity contribution in [2.24, 2.45) is 0 Å². The number of nitrogens with zero attached hydrogens (tertiary/aromatic N) is 1. The van der Waals surface area contributed by atoms with Gasteiger partial charge in [-0.25, -0.2) is 4.98 Å². The number of benzene rings is 1. The van der Waals surface area contributed by atoms with Crippen LogP contribution in [0.15, 0.2) is 47.1 Å². The Balaban J connectivity index is 1.85. The Morgan fingerprint density at radius 2 is 2.14 bits per heavy atom. The van der Waals surface area contributed by atoms with E-state index in [0.717, 1.165) is 24.2 Å². The van der Waals surface area contributed by atoms with Gasteiger partial charge in [-0.05, 0) is 47.0 Å². The van der Waals surface area contributed by atoms with E-state index in [1.165, 1.54) is 0 Å². The normalized spacial score (nSPS) is 17.3. The molecule has 21 heavy (non-hydrogen) atoms. The summed E-state index contributed by atoms with van der Waals surface area (Å²) in [6.45, 7) is 0.677. The molecule has 4 nitrogen and oxygen atoms in total. The summed E-state index contributed by atoms with van der Waals surface area (Å²) in [4.78, 5) is 16.5. The second kappa shape index (κ2) is 6.26. The molecule has 108 valence electrons. The molecule has 1 atom stereocenters. The van der Waals surface area contributed by atoms with E-state index in [1.54, 1.807) is 12.3 Å². The third kappa shape index (κ3) is 3.08. The van der Waals surface area contributed by atoms with Gasteiger partial charge in [0.15, 0.2) is 0 Å². The van der Waals surface area contributed by atoms with E-state index in [-0.39, 0.29) is 11.9 Å². The van der Waals surface area contributed by atoms with Crippen LogP contribution in [0.5, 0.6) is 5.75 Å². The predicted molar refractivity (Wildman–Crippen MR) is 83.3 cm³/mol. The second-order valence-electron chi connectivity index (χ2n) is 4.89. The van der Waals surface area contributed by atoms with Gasteiger partial charge in [-0.2, -0.15) is 0 Å². The van der Waals surface area contributed by atoms with Crippen LogP contribution in [0.2, 0.25) is 0 Å². The van der Waals surface area contributed by atoms with E-state index < -0.39 is 0 Å². The van der Waals surface area contributed by atoms with Gasteiger partial charge in [-0.1, -0.05) is 18.2 Å². The molecule has 0 aliphatic carbocycles. The summed E-state index contributed by atoms with van der Waals surface area (Å²) < 4.78 is 6.41. The molecule has 3 rings (SSSR count). The van der Waals surface area contributed by atoms with Crippen molar-refractivity contribution in [3.05, 3.63) is 58.3 Å². The number of carbonyl (C=O) groups excluding carboxylic acids is 1. The summed E-state index contributed by atoms with van der Waals surface area (Å²) >= 11 is 3.36. The molecule has 1 N–H and O–H groups in total. The minimum absolute atomic E-state index is 0.0508. The predicted octanol–water partition coefficient (Wildman–Crippen LogP) is 3.49. The SMILES string of the molecule is O=C(N[C@H]1CCCOc2ccccc21)c1ncccc1Br. The van der Waals surface area contributed by atoms with E-state index in [4.69, 9.17) is 4.74 Å². The fourth-order valence-electron chi connectivity index (χ4n) is 2.45. The fraction of sp³-hybridized carbons (Fsp3) is 0.250. The molecule has 1 aromatic carbocycles. The zero-order valence-electron chi connectivity index (χ0n) is 11.4. The van der Waals surface area contributed by atoms with Gasteiger partial charge in [0.2, 0.25) is 0 Å². The number of aromatic nitrogens is 1. The first kappa shape index (κ1) is 14.1. The number of carbonyl (C=O) groups is 1. The van der Waals surface area contributed by atoms with Gasteiger partial charge in [0.25, 0.3) is 5.91 Å². The smallest absolute Gasteiger partial charge is 0.271 e. The zero-order chi connectivity index (χ0) is 14.7. The molecule has 0 saturated heterocycles. The lowest BCUT2D eigenvalue weighted by Gasteiger charge is -2.18. The lowest BCUT2D eigenvalue weighted by Crippen LogP contribution is -2.29. The molecule has 2 heterocycles. The van der Waals surface area contributed by atoms with Crippen molar-refractivity contribution >= 4 is 21.8 Å². The molecule has 0 bridgehead atoms. The van der Waals surface area contributed by atoms with Crippen molar-refractivity contribution in [2.75, 3.05) is 6.61 Å². The molecule has 1 aromatic heterocycles. The van der Waals surface area contributed by atoms with Crippen molar-refractivity contribution in [3.8, 4) is 5.75 Å². The number of pyridine rings is 1. The van der Waals surface area contributed by atoms with Gasteiger partial charge in [0, 0.05) is 16.2 Å². The average molecular weight is 347 g/mol. The van der Waals surface area contributed by atoms with Crippen LogP contribution in [-0.4, -0.2) is 17.5 Å². The Bertz CT molecular complexity index is 660. The topological polar surface area (TPSA) is 51.2 Å². The lowest BCUT2D eigenvalue weighted by atomic mass is 10.0. The van der Waals surface area contributed by atoms with Crippen LogP contribution in [0.4, 0.5) is 0 Å². The molecule has 1 aliphatic rings. The summed E-state index contributed by atoms with van der Waals surface area (Å²) in [5.41, 5.74) is 1.43. The number of fused-ring (bicyclic) bond motifs is 1. The molecular formula is C16H15BrN2O2. The Hall–Kier alpha value is -1.88. The summed E-state index contributed by atoms with van der Waals surface area (Å²) in [6.07, 6.45) is 3.38. The lowest BCUT2D eigenvalue weighted by molar-refractivity contribution is 0.0929. The largest absolute Gasteiger partial charge is 0.493 e. The second-order valence-corrected chi connectivity index (χ2v) is 5.74. The van der Waals surface area contributed by atoms with E-state index >= 15 is 0 Å². The van der Waals surface area contributed by atoms with Crippen molar-refractivity contribution < 1.29 is 9.53 Å². The van der Waals surface area contributed by atoms with Crippen LogP contribution in [0, 0.1) is 0 Å². The molecule has 0 spiro atoms. The molecule has 0 radical (unpaired) electrons. The van der Waals surface area contributed by atoms with Gasteiger partial charge >= 0.3 is 0 Å². The highest BCUT2D eigenvalue weighted by Crippen LogP contribution is 2.31. The van der Waals surface area contributed by atoms with Crippen LogP contribution in [0.25, 0.3) is 0 Å². The Labute approximate surface area is 131 Å². The Kier molecular flexibility index (Phi) is 4.20. The number of ether oxygens (including phenoxy) is 1. The van der Waals surface area contributed by atoms with Gasteiger partial charge in [0.05, 0.1) is 12.6 Å². The van der Waals surface area contributed by atoms with Crippen molar-refractivity contribution in [2.45, 2.75) is 18.9 Å². The number of para-hydroxylation sites is 1. The molecule has 1 amide bonds. The Morgan fingerprint density at radius 1 is 1.29 bits per heavy atom. The van der Waals surface area contributed by atoms with Gasteiger partial charge in [0.1, 0.15) is 11.4 Å². The summed E-state index contributed by atoms with van der Waals surface area (Å²) in [6, 6.07) is 11.4. The fourth-order valence-corrected chi connectivity index (χ4v) is 2.89. The first-order valence-electron chi connectivity index (χ1n) is 6.89. The van der Waals surface area contributed by atoms with Gasteiger partial charge < -0.3 is 10.1 Å². The van der Waals surface area contributed by atoms with Crippen LogP contribution in [0.1, 0.15) is 34.9 Å². The van der Waals surface area contributed by atoms with Crippen LogP contribution >= 0.6 is 15.9 Å². The molecule has 5 heteroatoms. The third-order valence-electron chi connectivity index (χ3n) is 3.47. The van der Waals surface area contributed by atoms with E-state index in [0.29, 0.717) is 16.8 Å². The van der Waals surface area contributed by atoms with Gasteiger partial charge in [-0.15, -0.1) is 0 Å². The van der Waals surface area contributed by atoms with Crippen molar-refractivity contribution in [1.29, 1.82) is 0 Å². The average Bonchev–Trinajstić information content (AvgIpc) is 2.70. The molecule has 1 aliphatic heterocycles. The summed E-state index contributed by atoms with van der Waals surface area (Å²) in [7, 11) is 0. The number of halogens is 1.